The Labute approximate surface area is 77.2 Å². The number of imide groups is 1. The number of fused-ring (bicyclic) bond motifs is 1. The molecule has 2 unspecified atom stereocenters. The Bertz CT molecular complexity index is 295. The van der Waals surface area contributed by atoms with E-state index in [4.69, 9.17) is 0 Å². The minimum Gasteiger partial charge on any atom is -0.296 e. The van der Waals surface area contributed by atoms with Crippen molar-refractivity contribution >= 4 is 11.8 Å². The molecule has 0 spiro atoms. The van der Waals surface area contributed by atoms with Gasteiger partial charge in [0.15, 0.2) is 0 Å². The lowest BCUT2D eigenvalue weighted by atomic mass is 9.68. The van der Waals surface area contributed by atoms with Crippen LogP contribution in [0.4, 0.5) is 0 Å². The van der Waals surface area contributed by atoms with Crippen molar-refractivity contribution in [1.82, 2.24) is 5.32 Å². The number of carbonyl (C=O) groups is 2. The van der Waals surface area contributed by atoms with Gasteiger partial charge in [-0.15, -0.1) is 0 Å². The van der Waals surface area contributed by atoms with Crippen LogP contribution in [-0.2, 0) is 9.59 Å². The molecular formula is C10H13NO2. The zero-order valence-electron chi connectivity index (χ0n) is 7.67. The van der Waals surface area contributed by atoms with E-state index in [0.29, 0.717) is 12.8 Å². The van der Waals surface area contributed by atoms with E-state index in [1.54, 1.807) is 0 Å². The topological polar surface area (TPSA) is 46.2 Å². The van der Waals surface area contributed by atoms with Crippen LogP contribution in [0, 0.1) is 11.3 Å². The monoisotopic (exact) mass is 179 g/mol. The molecule has 1 aliphatic carbocycles. The molecule has 0 bridgehead atoms. The van der Waals surface area contributed by atoms with Crippen LogP contribution in [0.5, 0.6) is 0 Å². The number of amides is 2. The number of hydrogen-bond donors (Lipinski definition) is 1. The van der Waals surface area contributed by atoms with E-state index in [1.165, 1.54) is 0 Å². The maximum atomic E-state index is 11.6. The first kappa shape index (κ1) is 8.48. The summed E-state index contributed by atoms with van der Waals surface area (Å²) < 4.78 is 0. The first-order chi connectivity index (χ1) is 6.20. The summed E-state index contributed by atoms with van der Waals surface area (Å²) in [7, 11) is 0. The molecular weight excluding hydrogens is 166 g/mol. The van der Waals surface area contributed by atoms with Crippen molar-refractivity contribution in [2.75, 3.05) is 0 Å². The lowest BCUT2D eigenvalue weighted by molar-refractivity contribution is -0.129. The van der Waals surface area contributed by atoms with E-state index in [1.807, 2.05) is 19.1 Å². The quantitative estimate of drug-likeness (QED) is 0.482. The third-order valence-electron chi connectivity index (χ3n) is 3.32. The van der Waals surface area contributed by atoms with Gasteiger partial charge in [0.25, 0.3) is 0 Å². The van der Waals surface area contributed by atoms with Gasteiger partial charge in [-0.05, 0) is 19.3 Å². The molecule has 0 saturated carbocycles. The zero-order valence-corrected chi connectivity index (χ0v) is 7.67. The zero-order chi connectivity index (χ0) is 9.47. The molecule has 0 radical (unpaired) electrons. The van der Waals surface area contributed by atoms with Gasteiger partial charge in [-0.2, -0.15) is 0 Å². The average molecular weight is 179 g/mol. The summed E-state index contributed by atoms with van der Waals surface area (Å²) in [4.78, 5) is 23.0. The SMILES string of the molecule is CCC12CC=CCC1C(=O)NC2=O. The van der Waals surface area contributed by atoms with Crippen LogP contribution in [0.2, 0.25) is 0 Å². The molecule has 2 amide bonds. The molecule has 70 valence electrons. The molecule has 0 aromatic heterocycles. The maximum absolute atomic E-state index is 11.6. The van der Waals surface area contributed by atoms with Crippen LogP contribution in [0.25, 0.3) is 0 Å². The van der Waals surface area contributed by atoms with E-state index in [0.717, 1.165) is 6.42 Å². The highest BCUT2D eigenvalue weighted by Gasteiger charge is 2.53. The Kier molecular flexibility index (Phi) is 1.75. The first-order valence-electron chi connectivity index (χ1n) is 4.71. The Morgan fingerprint density at radius 1 is 1.54 bits per heavy atom. The molecule has 3 nitrogen and oxygen atoms in total. The van der Waals surface area contributed by atoms with Crippen LogP contribution in [0.15, 0.2) is 12.2 Å². The predicted molar refractivity (Wildman–Crippen MR) is 47.7 cm³/mol. The van der Waals surface area contributed by atoms with Gasteiger partial charge in [0.2, 0.25) is 11.8 Å². The number of nitrogens with one attached hydrogen (secondary N) is 1. The van der Waals surface area contributed by atoms with Gasteiger partial charge in [-0.1, -0.05) is 19.1 Å². The fraction of sp³-hybridized carbons (Fsp3) is 0.600. The highest BCUT2D eigenvalue weighted by Crippen LogP contribution is 2.44. The van der Waals surface area contributed by atoms with E-state index < -0.39 is 5.41 Å². The van der Waals surface area contributed by atoms with Crippen LogP contribution < -0.4 is 5.32 Å². The molecule has 2 rings (SSSR count). The van der Waals surface area contributed by atoms with Crippen LogP contribution in [0.3, 0.4) is 0 Å². The first-order valence-corrected chi connectivity index (χ1v) is 4.71. The van der Waals surface area contributed by atoms with Crippen molar-refractivity contribution in [2.24, 2.45) is 11.3 Å². The van der Waals surface area contributed by atoms with Crippen molar-refractivity contribution in [3.63, 3.8) is 0 Å². The third kappa shape index (κ3) is 0.961. The molecule has 13 heavy (non-hydrogen) atoms. The number of allylic oxidation sites excluding steroid dienone is 2. The van der Waals surface area contributed by atoms with Gasteiger partial charge in [0.1, 0.15) is 0 Å². The summed E-state index contributed by atoms with van der Waals surface area (Å²) >= 11 is 0. The Balaban J connectivity index is 2.42. The third-order valence-corrected chi connectivity index (χ3v) is 3.32. The number of rotatable bonds is 1. The van der Waals surface area contributed by atoms with Crippen molar-refractivity contribution in [1.29, 1.82) is 0 Å². The highest BCUT2D eigenvalue weighted by atomic mass is 16.2. The van der Waals surface area contributed by atoms with Gasteiger partial charge < -0.3 is 0 Å². The van der Waals surface area contributed by atoms with Crippen LogP contribution in [0.1, 0.15) is 26.2 Å². The number of hydrogen-bond acceptors (Lipinski definition) is 2. The van der Waals surface area contributed by atoms with Crippen LogP contribution in [-0.4, -0.2) is 11.8 Å². The van der Waals surface area contributed by atoms with E-state index in [2.05, 4.69) is 5.32 Å². The molecule has 1 heterocycles. The molecule has 2 aliphatic rings. The van der Waals surface area contributed by atoms with E-state index in [-0.39, 0.29) is 17.7 Å². The fourth-order valence-electron chi connectivity index (χ4n) is 2.38. The summed E-state index contributed by atoms with van der Waals surface area (Å²) in [5.41, 5.74) is -0.425. The van der Waals surface area contributed by atoms with Gasteiger partial charge in [-0.25, -0.2) is 0 Å². The second-order valence-corrected chi connectivity index (χ2v) is 3.79. The molecule has 1 fully saturated rings. The maximum Gasteiger partial charge on any atom is 0.233 e. The van der Waals surface area contributed by atoms with Crippen molar-refractivity contribution in [3.8, 4) is 0 Å². The summed E-state index contributed by atoms with van der Waals surface area (Å²) in [5.74, 6) is -0.277. The molecule has 1 N–H and O–H groups in total. The molecule has 0 aromatic rings. The standard InChI is InChI=1S/C10H13NO2/c1-2-10-6-4-3-5-7(10)8(12)11-9(10)13/h3-4,7H,2,5-6H2,1H3,(H,11,12,13). The summed E-state index contributed by atoms with van der Waals surface area (Å²) in [6.07, 6.45) is 6.19. The smallest absolute Gasteiger partial charge is 0.233 e. The second kappa shape index (κ2) is 2.69. The van der Waals surface area contributed by atoms with Gasteiger partial charge >= 0.3 is 0 Å². The Morgan fingerprint density at radius 3 is 2.92 bits per heavy atom. The summed E-state index contributed by atoms with van der Waals surface area (Å²) in [6, 6.07) is 0. The molecule has 2 atom stereocenters. The minimum absolute atomic E-state index is 0.0747. The fourth-order valence-corrected chi connectivity index (χ4v) is 2.38. The van der Waals surface area contributed by atoms with Crippen molar-refractivity contribution < 1.29 is 9.59 Å². The average Bonchev–Trinajstić information content (AvgIpc) is 2.41. The molecule has 1 aliphatic heterocycles. The van der Waals surface area contributed by atoms with E-state index >= 15 is 0 Å². The summed E-state index contributed by atoms with van der Waals surface area (Å²) in [6.45, 7) is 1.98. The van der Waals surface area contributed by atoms with Crippen LogP contribution >= 0.6 is 0 Å². The molecule has 0 aromatic carbocycles. The Hall–Kier alpha value is -1.12. The summed E-state index contributed by atoms with van der Waals surface area (Å²) in [5, 5.41) is 2.43. The Morgan fingerprint density at radius 2 is 2.31 bits per heavy atom. The van der Waals surface area contributed by atoms with Crippen molar-refractivity contribution in [3.05, 3.63) is 12.2 Å². The second-order valence-electron chi connectivity index (χ2n) is 3.79. The molecule has 3 heteroatoms. The lowest BCUT2D eigenvalue weighted by Crippen LogP contribution is -2.35. The van der Waals surface area contributed by atoms with Crippen molar-refractivity contribution in [2.45, 2.75) is 26.2 Å². The molecule has 1 saturated heterocycles. The highest BCUT2D eigenvalue weighted by molar-refractivity contribution is 6.07. The largest absolute Gasteiger partial charge is 0.296 e. The predicted octanol–water partition coefficient (Wildman–Crippen LogP) is 1.01. The lowest BCUT2D eigenvalue weighted by Gasteiger charge is -2.31. The minimum atomic E-state index is -0.425. The van der Waals surface area contributed by atoms with Gasteiger partial charge in [0, 0.05) is 0 Å². The van der Waals surface area contributed by atoms with Gasteiger partial charge in [0.05, 0.1) is 11.3 Å². The van der Waals surface area contributed by atoms with E-state index in [9.17, 15) is 9.59 Å². The normalized spacial score (nSPS) is 37.5. The van der Waals surface area contributed by atoms with Gasteiger partial charge in [-0.3, -0.25) is 14.9 Å². The number of carbonyl (C=O) groups excluding carboxylic acids is 2.